The fourth-order valence-electron chi connectivity index (χ4n) is 3.61. The smallest absolute Gasteiger partial charge is 0.264 e. The maximum Gasteiger partial charge on any atom is 0.264 e. The first kappa shape index (κ1) is 24.4. The zero-order valence-corrected chi connectivity index (χ0v) is 20.5. The molecule has 1 amide bonds. The van der Waals surface area contributed by atoms with E-state index in [1.165, 1.54) is 12.1 Å². The van der Waals surface area contributed by atoms with Gasteiger partial charge in [0.05, 0.1) is 23.7 Å². The van der Waals surface area contributed by atoms with Crippen LogP contribution < -0.4 is 23.8 Å². The lowest BCUT2D eigenvalue weighted by molar-refractivity contribution is -0.120. The lowest BCUT2D eigenvalue weighted by Gasteiger charge is -2.27. The highest BCUT2D eigenvalue weighted by Gasteiger charge is 2.28. The number of anilines is 1. The summed E-state index contributed by atoms with van der Waals surface area (Å²) < 4.78 is 45.1. The molecule has 3 aromatic carbocycles. The van der Waals surface area contributed by atoms with Crippen LogP contribution in [0, 0.1) is 6.92 Å². The number of hydrogen-bond acceptors (Lipinski definition) is 6. The van der Waals surface area contributed by atoms with Crippen molar-refractivity contribution in [3.05, 3.63) is 78.4 Å². The summed E-state index contributed by atoms with van der Waals surface area (Å²) in [6.45, 7) is 4.31. The average molecular weight is 497 g/mol. The van der Waals surface area contributed by atoms with E-state index in [1.54, 1.807) is 42.5 Å². The van der Waals surface area contributed by atoms with E-state index >= 15 is 0 Å². The summed E-state index contributed by atoms with van der Waals surface area (Å²) in [5, 5.41) is 2.77. The van der Waals surface area contributed by atoms with Gasteiger partial charge < -0.3 is 19.5 Å². The van der Waals surface area contributed by atoms with Gasteiger partial charge in [0.25, 0.3) is 10.0 Å². The van der Waals surface area contributed by atoms with Crippen LogP contribution in [-0.4, -0.2) is 46.7 Å². The van der Waals surface area contributed by atoms with Crippen LogP contribution in [0.3, 0.4) is 0 Å². The van der Waals surface area contributed by atoms with Crippen molar-refractivity contribution in [1.82, 2.24) is 5.32 Å². The SMILES string of the molecule is CCOc1ccc(S(=O)(=O)N(CC(=O)NC[C@H]2COc3ccccc3O2)c2ccc(C)cc2)cc1. The molecular formula is C26H28N2O6S. The quantitative estimate of drug-likeness (QED) is 0.487. The van der Waals surface area contributed by atoms with Crippen LogP contribution in [-0.2, 0) is 14.8 Å². The second kappa shape index (κ2) is 10.7. The zero-order valence-electron chi connectivity index (χ0n) is 19.6. The largest absolute Gasteiger partial charge is 0.494 e. The molecule has 0 radical (unpaired) electrons. The van der Waals surface area contributed by atoms with Gasteiger partial charge in [-0.3, -0.25) is 9.10 Å². The molecule has 0 aliphatic carbocycles. The van der Waals surface area contributed by atoms with Crippen LogP contribution in [0.2, 0.25) is 0 Å². The zero-order chi connectivity index (χ0) is 24.8. The highest BCUT2D eigenvalue weighted by Crippen LogP contribution is 2.30. The summed E-state index contributed by atoms with van der Waals surface area (Å²) in [6.07, 6.45) is -0.385. The maximum absolute atomic E-state index is 13.5. The van der Waals surface area contributed by atoms with Crippen molar-refractivity contribution in [3.8, 4) is 17.2 Å². The summed E-state index contributed by atoms with van der Waals surface area (Å²) in [6, 6.07) is 20.4. The standard InChI is InChI=1S/C26H28N2O6S/c1-3-32-21-12-14-23(15-13-21)35(30,31)28(20-10-8-19(2)9-11-20)17-26(29)27-16-22-18-33-24-6-4-5-7-25(24)34-22/h4-15,22H,3,16-18H2,1-2H3,(H,27,29)/t22-/m0/s1. The normalized spacial score (nSPS) is 14.7. The van der Waals surface area contributed by atoms with Crippen molar-refractivity contribution in [2.24, 2.45) is 0 Å². The first-order valence-corrected chi connectivity index (χ1v) is 12.8. The van der Waals surface area contributed by atoms with Crippen LogP contribution in [0.5, 0.6) is 17.2 Å². The number of hydrogen-bond donors (Lipinski definition) is 1. The number of fused-ring (bicyclic) bond motifs is 1. The van der Waals surface area contributed by atoms with Gasteiger partial charge in [0, 0.05) is 0 Å². The highest BCUT2D eigenvalue weighted by molar-refractivity contribution is 7.92. The van der Waals surface area contributed by atoms with Crippen LogP contribution in [0.25, 0.3) is 0 Å². The summed E-state index contributed by atoms with van der Waals surface area (Å²) in [4.78, 5) is 12.9. The van der Waals surface area contributed by atoms with E-state index in [-0.39, 0.29) is 30.7 Å². The monoisotopic (exact) mass is 496 g/mol. The van der Waals surface area contributed by atoms with Gasteiger partial charge in [0.1, 0.15) is 25.0 Å². The van der Waals surface area contributed by atoms with Gasteiger partial charge in [0.2, 0.25) is 5.91 Å². The second-order valence-electron chi connectivity index (χ2n) is 8.05. The number of nitrogens with zero attached hydrogens (tertiary/aromatic N) is 1. The maximum atomic E-state index is 13.5. The number of benzene rings is 3. The third kappa shape index (κ3) is 5.86. The molecule has 1 heterocycles. The van der Waals surface area contributed by atoms with Crippen LogP contribution in [0.1, 0.15) is 12.5 Å². The average Bonchev–Trinajstić information content (AvgIpc) is 2.87. The molecule has 0 unspecified atom stereocenters. The number of amides is 1. The minimum Gasteiger partial charge on any atom is -0.494 e. The number of para-hydroxylation sites is 2. The number of nitrogens with one attached hydrogen (secondary N) is 1. The lowest BCUT2D eigenvalue weighted by Crippen LogP contribution is -2.45. The number of rotatable bonds is 9. The minimum absolute atomic E-state index is 0.0648. The molecule has 0 aromatic heterocycles. The Labute approximate surface area is 205 Å². The number of sulfonamides is 1. The highest BCUT2D eigenvalue weighted by atomic mass is 32.2. The van der Waals surface area contributed by atoms with Gasteiger partial charge >= 0.3 is 0 Å². The van der Waals surface area contributed by atoms with Gasteiger partial charge in [-0.25, -0.2) is 8.42 Å². The molecule has 8 nitrogen and oxygen atoms in total. The Bertz CT molecular complexity index is 1260. The molecule has 0 bridgehead atoms. The molecule has 1 N–H and O–H groups in total. The Morgan fingerprint density at radius 2 is 1.71 bits per heavy atom. The second-order valence-corrected chi connectivity index (χ2v) is 9.92. The number of carbonyl (C=O) groups excluding carboxylic acids is 1. The fourth-order valence-corrected chi connectivity index (χ4v) is 5.03. The van der Waals surface area contributed by atoms with Gasteiger partial charge in [-0.05, 0) is 62.4 Å². The summed E-state index contributed by atoms with van der Waals surface area (Å²) >= 11 is 0. The number of aryl methyl sites for hydroxylation is 1. The van der Waals surface area contributed by atoms with Crippen molar-refractivity contribution in [2.45, 2.75) is 24.8 Å². The number of carbonyl (C=O) groups is 1. The summed E-state index contributed by atoms with van der Waals surface area (Å²) in [5.41, 5.74) is 1.37. The van der Waals surface area contributed by atoms with Crippen molar-refractivity contribution >= 4 is 21.6 Å². The van der Waals surface area contributed by atoms with E-state index in [4.69, 9.17) is 14.2 Å². The molecule has 1 aliphatic rings. The molecule has 4 rings (SSSR count). The molecule has 35 heavy (non-hydrogen) atoms. The fraction of sp³-hybridized carbons (Fsp3) is 0.269. The topological polar surface area (TPSA) is 94.2 Å². The van der Waals surface area contributed by atoms with Crippen LogP contribution in [0.15, 0.2) is 77.7 Å². The van der Waals surface area contributed by atoms with E-state index in [0.717, 1.165) is 9.87 Å². The van der Waals surface area contributed by atoms with E-state index in [0.29, 0.717) is 29.5 Å². The van der Waals surface area contributed by atoms with E-state index in [9.17, 15) is 13.2 Å². The van der Waals surface area contributed by atoms with Crippen molar-refractivity contribution in [3.63, 3.8) is 0 Å². The van der Waals surface area contributed by atoms with E-state index < -0.39 is 15.9 Å². The predicted octanol–water partition coefficient (Wildman–Crippen LogP) is 3.55. The molecule has 1 atom stereocenters. The van der Waals surface area contributed by atoms with Crippen molar-refractivity contribution in [2.75, 3.05) is 30.6 Å². The van der Waals surface area contributed by atoms with Crippen LogP contribution >= 0.6 is 0 Å². The summed E-state index contributed by atoms with van der Waals surface area (Å²) in [5.74, 6) is 1.38. The Morgan fingerprint density at radius 1 is 1.03 bits per heavy atom. The van der Waals surface area contributed by atoms with Gasteiger partial charge in [0.15, 0.2) is 11.5 Å². The Balaban J connectivity index is 1.49. The molecule has 3 aromatic rings. The van der Waals surface area contributed by atoms with Crippen LogP contribution in [0.4, 0.5) is 5.69 Å². The Morgan fingerprint density at radius 3 is 2.40 bits per heavy atom. The molecule has 9 heteroatoms. The lowest BCUT2D eigenvalue weighted by atomic mass is 10.2. The first-order valence-electron chi connectivity index (χ1n) is 11.3. The Kier molecular flexibility index (Phi) is 7.45. The predicted molar refractivity (Wildman–Crippen MR) is 133 cm³/mol. The van der Waals surface area contributed by atoms with Crippen molar-refractivity contribution < 1.29 is 27.4 Å². The van der Waals surface area contributed by atoms with Gasteiger partial charge in [-0.15, -0.1) is 0 Å². The third-order valence-electron chi connectivity index (χ3n) is 5.43. The molecule has 0 saturated heterocycles. The molecule has 0 fully saturated rings. The molecule has 0 saturated carbocycles. The van der Waals surface area contributed by atoms with Gasteiger partial charge in [-0.2, -0.15) is 0 Å². The third-order valence-corrected chi connectivity index (χ3v) is 7.21. The first-order chi connectivity index (χ1) is 16.9. The van der Waals surface area contributed by atoms with Crippen molar-refractivity contribution in [1.29, 1.82) is 0 Å². The van der Waals surface area contributed by atoms with E-state index in [1.807, 2.05) is 32.0 Å². The Hall–Kier alpha value is -3.72. The molecule has 1 aliphatic heterocycles. The molecular weight excluding hydrogens is 468 g/mol. The van der Waals surface area contributed by atoms with E-state index in [2.05, 4.69) is 5.32 Å². The summed E-state index contributed by atoms with van der Waals surface area (Å²) in [7, 11) is -4.02. The molecule has 184 valence electrons. The number of ether oxygens (including phenoxy) is 3. The minimum atomic E-state index is -4.02. The molecule has 0 spiro atoms. The van der Waals surface area contributed by atoms with Gasteiger partial charge in [-0.1, -0.05) is 29.8 Å².